The van der Waals surface area contributed by atoms with Gasteiger partial charge in [-0.1, -0.05) is 24.6 Å². The number of ether oxygens (including phenoxy) is 1. The van der Waals surface area contributed by atoms with E-state index in [4.69, 9.17) is 16.3 Å². The molecule has 1 atom stereocenters. The minimum atomic E-state index is -3.70. The van der Waals surface area contributed by atoms with Crippen LogP contribution in [0.15, 0.2) is 42.5 Å². The first kappa shape index (κ1) is 21.1. The summed E-state index contributed by atoms with van der Waals surface area (Å²) in [5, 5.41) is 3.32. The number of sulfonamides is 1. The molecule has 0 radical (unpaired) electrons. The van der Waals surface area contributed by atoms with Crippen LogP contribution in [0.2, 0.25) is 5.02 Å². The van der Waals surface area contributed by atoms with Crippen LogP contribution in [0.25, 0.3) is 0 Å². The Hall–Kier alpha value is -2.25. The second-order valence-electron chi connectivity index (χ2n) is 6.08. The zero-order valence-corrected chi connectivity index (χ0v) is 17.3. The molecule has 146 valence electrons. The number of nitrogens with zero attached hydrogens (tertiary/aromatic N) is 1. The van der Waals surface area contributed by atoms with Gasteiger partial charge in [0.1, 0.15) is 11.8 Å². The second-order valence-corrected chi connectivity index (χ2v) is 8.35. The second kappa shape index (κ2) is 8.63. The molecular weight excluding hydrogens is 388 g/mol. The van der Waals surface area contributed by atoms with Gasteiger partial charge >= 0.3 is 0 Å². The largest absolute Gasteiger partial charge is 0.497 e. The summed E-state index contributed by atoms with van der Waals surface area (Å²) >= 11 is 6.10. The molecule has 0 aliphatic carbocycles. The Morgan fingerprint density at radius 2 is 1.85 bits per heavy atom. The maximum Gasteiger partial charge on any atom is 0.248 e. The van der Waals surface area contributed by atoms with Crippen molar-refractivity contribution in [1.82, 2.24) is 0 Å². The summed E-state index contributed by atoms with van der Waals surface area (Å²) in [6.45, 7) is 3.55. The van der Waals surface area contributed by atoms with E-state index in [1.54, 1.807) is 56.3 Å². The fourth-order valence-corrected chi connectivity index (χ4v) is 4.13. The van der Waals surface area contributed by atoms with Crippen molar-refractivity contribution in [2.75, 3.05) is 23.0 Å². The van der Waals surface area contributed by atoms with Gasteiger partial charge in [-0.3, -0.25) is 9.10 Å². The van der Waals surface area contributed by atoms with Gasteiger partial charge in [0.2, 0.25) is 15.9 Å². The smallest absolute Gasteiger partial charge is 0.248 e. The number of amides is 1. The third kappa shape index (κ3) is 4.93. The molecule has 1 amide bonds. The van der Waals surface area contributed by atoms with Crippen molar-refractivity contribution >= 4 is 38.9 Å². The molecule has 0 aliphatic rings. The van der Waals surface area contributed by atoms with Crippen molar-refractivity contribution in [3.8, 4) is 5.75 Å². The maximum absolute atomic E-state index is 12.9. The van der Waals surface area contributed by atoms with Gasteiger partial charge < -0.3 is 10.1 Å². The van der Waals surface area contributed by atoms with Crippen LogP contribution >= 0.6 is 11.6 Å². The van der Waals surface area contributed by atoms with E-state index in [0.717, 1.165) is 16.1 Å². The highest BCUT2D eigenvalue weighted by molar-refractivity contribution is 7.92. The van der Waals surface area contributed by atoms with Crippen molar-refractivity contribution in [2.45, 2.75) is 26.3 Å². The highest BCUT2D eigenvalue weighted by Gasteiger charge is 2.31. The molecule has 0 bridgehead atoms. The summed E-state index contributed by atoms with van der Waals surface area (Å²) in [6.07, 6.45) is 1.38. The van der Waals surface area contributed by atoms with Crippen molar-refractivity contribution in [1.29, 1.82) is 0 Å². The van der Waals surface area contributed by atoms with Crippen LogP contribution in [0.3, 0.4) is 0 Å². The number of carbonyl (C=O) groups excluding carboxylic acids is 1. The lowest BCUT2D eigenvalue weighted by molar-refractivity contribution is -0.117. The monoisotopic (exact) mass is 410 g/mol. The number of benzene rings is 2. The number of halogens is 1. The number of rotatable bonds is 7. The Morgan fingerprint density at radius 3 is 2.37 bits per heavy atom. The molecule has 27 heavy (non-hydrogen) atoms. The zero-order chi connectivity index (χ0) is 20.2. The lowest BCUT2D eigenvalue weighted by atomic mass is 10.1. The molecular formula is C19H23ClN2O4S. The SMILES string of the molecule is CC[C@@H](C(=O)Nc1cccc(Cl)c1C)N(c1ccc(OC)cc1)S(C)(=O)=O. The van der Waals surface area contributed by atoms with Gasteiger partial charge in [0.05, 0.1) is 19.1 Å². The van der Waals surface area contributed by atoms with Gasteiger partial charge in [0, 0.05) is 10.7 Å². The number of carbonyl (C=O) groups is 1. The van der Waals surface area contributed by atoms with Crippen molar-refractivity contribution < 1.29 is 17.9 Å². The molecule has 8 heteroatoms. The predicted molar refractivity (Wildman–Crippen MR) is 109 cm³/mol. The van der Waals surface area contributed by atoms with E-state index >= 15 is 0 Å². The number of methoxy groups -OCH3 is 1. The first-order valence-corrected chi connectivity index (χ1v) is 10.6. The van der Waals surface area contributed by atoms with E-state index in [1.165, 1.54) is 7.11 Å². The molecule has 0 fully saturated rings. The quantitative estimate of drug-likeness (QED) is 0.752. The Balaban J connectivity index is 2.39. The Kier molecular flexibility index (Phi) is 6.73. The number of anilines is 2. The molecule has 2 aromatic rings. The third-order valence-electron chi connectivity index (χ3n) is 4.18. The van der Waals surface area contributed by atoms with Gasteiger partial charge in [0.25, 0.3) is 0 Å². The Morgan fingerprint density at radius 1 is 1.22 bits per heavy atom. The molecule has 0 aliphatic heterocycles. The predicted octanol–water partition coefficient (Wildman–Crippen LogP) is 3.84. The minimum absolute atomic E-state index is 0.296. The average molecular weight is 411 g/mol. The van der Waals surface area contributed by atoms with Crippen LogP contribution in [0, 0.1) is 6.92 Å². The highest BCUT2D eigenvalue weighted by Crippen LogP contribution is 2.27. The van der Waals surface area contributed by atoms with Gasteiger partial charge in [-0.25, -0.2) is 8.42 Å². The lowest BCUT2D eigenvalue weighted by Crippen LogP contribution is -2.47. The summed E-state index contributed by atoms with van der Waals surface area (Å²) in [5.74, 6) is 0.170. The van der Waals surface area contributed by atoms with E-state index in [2.05, 4.69) is 5.32 Å². The molecule has 0 saturated heterocycles. The Bertz CT molecular complexity index is 914. The number of hydrogen-bond donors (Lipinski definition) is 1. The topological polar surface area (TPSA) is 75.7 Å². The van der Waals surface area contributed by atoms with Crippen LogP contribution in [-0.4, -0.2) is 33.7 Å². The third-order valence-corrected chi connectivity index (χ3v) is 5.77. The maximum atomic E-state index is 12.9. The summed E-state index contributed by atoms with van der Waals surface area (Å²) in [4.78, 5) is 12.9. The first-order valence-electron chi connectivity index (χ1n) is 8.38. The summed E-state index contributed by atoms with van der Waals surface area (Å²) in [5.41, 5.74) is 1.66. The fraction of sp³-hybridized carbons (Fsp3) is 0.316. The van der Waals surface area contributed by atoms with Crippen LogP contribution in [0.4, 0.5) is 11.4 Å². The van der Waals surface area contributed by atoms with Crippen LogP contribution < -0.4 is 14.4 Å². The first-order chi connectivity index (χ1) is 12.7. The molecule has 1 N–H and O–H groups in total. The fourth-order valence-electron chi connectivity index (χ4n) is 2.75. The van der Waals surface area contributed by atoms with Gasteiger partial charge in [-0.15, -0.1) is 0 Å². The molecule has 0 heterocycles. The minimum Gasteiger partial charge on any atom is -0.497 e. The zero-order valence-electron chi connectivity index (χ0n) is 15.7. The summed E-state index contributed by atoms with van der Waals surface area (Å²) in [6, 6.07) is 10.8. The van der Waals surface area contributed by atoms with Crippen molar-refractivity contribution in [2.24, 2.45) is 0 Å². The molecule has 0 aromatic heterocycles. The summed E-state index contributed by atoms with van der Waals surface area (Å²) < 4.78 is 31.2. The molecule has 6 nitrogen and oxygen atoms in total. The van der Waals surface area contributed by atoms with E-state index in [9.17, 15) is 13.2 Å². The molecule has 0 spiro atoms. The van der Waals surface area contributed by atoms with Crippen molar-refractivity contribution in [3.05, 3.63) is 53.1 Å². The van der Waals surface area contributed by atoms with Gasteiger partial charge in [-0.05, 0) is 55.3 Å². The standard InChI is InChI=1S/C19H23ClN2O4S/c1-5-18(19(23)21-17-8-6-7-16(20)13(17)2)22(27(4,24)25)14-9-11-15(26-3)12-10-14/h6-12,18H,5H2,1-4H3,(H,21,23)/t18-/m0/s1. The Labute approximate surface area is 165 Å². The molecule has 0 saturated carbocycles. The van der Waals surface area contributed by atoms with Gasteiger partial charge in [-0.2, -0.15) is 0 Å². The molecule has 2 aromatic carbocycles. The number of nitrogens with one attached hydrogen (secondary N) is 1. The normalized spacial score (nSPS) is 12.3. The van der Waals surface area contributed by atoms with E-state index in [-0.39, 0.29) is 0 Å². The van der Waals surface area contributed by atoms with E-state index in [1.807, 2.05) is 0 Å². The van der Waals surface area contributed by atoms with Crippen molar-refractivity contribution in [3.63, 3.8) is 0 Å². The van der Waals surface area contributed by atoms with Crippen LogP contribution in [-0.2, 0) is 14.8 Å². The molecule has 2 rings (SSSR count). The van der Waals surface area contributed by atoms with Crippen LogP contribution in [0.5, 0.6) is 5.75 Å². The van der Waals surface area contributed by atoms with Gasteiger partial charge in [0.15, 0.2) is 0 Å². The molecule has 0 unspecified atom stereocenters. The average Bonchev–Trinajstić information content (AvgIpc) is 2.62. The van der Waals surface area contributed by atoms with E-state index in [0.29, 0.717) is 28.6 Å². The van der Waals surface area contributed by atoms with Crippen LogP contribution in [0.1, 0.15) is 18.9 Å². The summed E-state index contributed by atoms with van der Waals surface area (Å²) in [7, 11) is -2.17. The lowest BCUT2D eigenvalue weighted by Gasteiger charge is -2.30. The number of hydrogen-bond acceptors (Lipinski definition) is 4. The van der Waals surface area contributed by atoms with E-state index < -0.39 is 22.0 Å². The highest BCUT2D eigenvalue weighted by atomic mass is 35.5.